The van der Waals surface area contributed by atoms with Gasteiger partial charge in [-0.15, -0.1) is 0 Å². The predicted octanol–water partition coefficient (Wildman–Crippen LogP) is -1.23. The molecule has 96 valence electrons. The van der Waals surface area contributed by atoms with Gasteiger partial charge < -0.3 is 26.2 Å². The molecule has 0 saturated carbocycles. The van der Waals surface area contributed by atoms with Crippen LogP contribution >= 0.6 is 0 Å². The number of hydrogen-bond donors (Lipinski definition) is 5. The third kappa shape index (κ3) is 2.08. The Bertz CT molecular complexity index is 315. The molecule has 2 saturated heterocycles. The Kier molecular flexibility index (Phi) is 3.44. The van der Waals surface area contributed by atoms with Gasteiger partial charge in [-0.05, 0) is 25.6 Å². The molecule has 0 aromatic carbocycles. The second kappa shape index (κ2) is 4.57. The lowest BCUT2D eigenvalue weighted by Crippen LogP contribution is -2.61. The highest BCUT2D eigenvalue weighted by Gasteiger charge is 2.60. The summed E-state index contributed by atoms with van der Waals surface area (Å²) in [6, 6.07) is 0.0194. The Hall–Kier alpha value is -0.625. The molecule has 0 aromatic heterocycles. The number of carboxylic acid groups (broad SMARTS) is 1. The molecule has 0 radical (unpaired) electrons. The van der Waals surface area contributed by atoms with E-state index in [-0.39, 0.29) is 24.3 Å². The number of carboxylic acids is 1. The molecule has 6 N–H and O–H groups in total. The number of rotatable bonds is 5. The first-order chi connectivity index (χ1) is 7.96. The summed E-state index contributed by atoms with van der Waals surface area (Å²) in [5.41, 5.74) is 4.87. The molecule has 2 aliphatic heterocycles. The van der Waals surface area contributed by atoms with Crippen molar-refractivity contribution in [2.45, 2.75) is 49.6 Å². The van der Waals surface area contributed by atoms with E-state index in [9.17, 15) is 9.90 Å². The number of fused-ring (bicyclic) bond motifs is 2. The average molecular weight is 242 g/mol. The Morgan fingerprint density at radius 3 is 2.76 bits per heavy atom. The molecule has 7 heteroatoms. The third-order valence-corrected chi connectivity index (χ3v) is 4.21. The van der Waals surface area contributed by atoms with Crippen LogP contribution in [-0.4, -0.2) is 45.9 Å². The lowest BCUT2D eigenvalue weighted by Gasteiger charge is -2.35. The maximum Gasteiger partial charge on any atom is 0.451 e. The maximum absolute atomic E-state index is 11.4. The van der Waals surface area contributed by atoms with Crippen LogP contribution in [0.4, 0.5) is 0 Å². The summed E-state index contributed by atoms with van der Waals surface area (Å²) in [5, 5.41) is 30.1. The maximum atomic E-state index is 11.4. The molecular formula is C10H19BN2O4. The topological polar surface area (TPSA) is 116 Å². The highest BCUT2D eigenvalue weighted by atomic mass is 16.4. The van der Waals surface area contributed by atoms with Gasteiger partial charge in [-0.3, -0.25) is 4.79 Å². The van der Waals surface area contributed by atoms with Gasteiger partial charge in [-0.2, -0.15) is 0 Å². The molecule has 2 heterocycles. The van der Waals surface area contributed by atoms with Gasteiger partial charge in [0.1, 0.15) is 5.54 Å². The van der Waals surface area contributed by atoms with Gasteiger partial charge in [0, 0.05) is 18.0 Å². The quantitative estimate of drug-likeness (QED) is 0.385. The minimum Gasteiger partial charge on any atom is -0.480 e. The van der Waals surface area contributed by atoms with Gasteiger partial charge in [-0.25, -0.2) is 0 Å². The van der Waals surface area contributed by atoms with Crippen LogP contribution in [0.2, 0.25) is 6.32 Å². The fraction of sp³-hybridized carbons (Fsp3) is 0.900. The van der Waals surface area contributed by atoms with Gasteiger partial charge >= 0.3 is 13.1 Å². The van der Waals surface area contributed by atoms with Gasteiger partial charge in [0.25, 0.3) is 0 Å². The van der Waals surface area contributed by atoms with E-state index >= 15 is 0 Å². The van der Waals surface area contributed by atoms with Crippen molar-refractivity contribution in [3.8, 4) is 0 Å². The van der Waals surface area contributed by atoms with E-state index in [1.54, 1.807) is 0 Å². The van der Waals surface area contributed by atoms with Crippen molar-refractivity contribution in [1.82, 2.24) is 5.32 Å². The van der Waals surface area contributed by atoms with Crippen LogP contribution in [0.3, 0.4) is 0 Å². The van der Waals surface area contributed by atoms with Crippen LogP contribution in [0.25, 0.3) is 0 Å². The molecule has 2 rings (SSSR count). The van der Waals surface area contributed by atoms with Gasteiger partial charge in [0.05, 0.1) is 0 Å². The number of carbonyl (C=O) groups is 1. The van der Waals surface area contributed by atoms with E-state index in [0.717, 1.165) is 12.8 Å². The van der Waals surface area contributed by atoms with Crippen LogP contribution in [0.5, 0.6) is 0 Å². The zero-order valence-electron chi connectivity index (χ0n) is 9.67. The second-order valence-electron chi connectivity index (χ2n) is 5.16. The summed E-state index contributed by atoms with van der Waals surface area (Å²) < 4.78 is 0. The van der Waals surface area contributed by atoms with Crippen LogP contribution in [0.15, 0.2) is 0 Å². The Labute approximate surface area is 100 Å². The molecule has 4 atom stereocenters. The minimum absolute atomic E-state index is 0.113. The molecule has 6 nitrogen and oxygen atoms in total. The van der Waals surface area contributed by atoms with E-state index in [2.05, 4.69) is 5.32 Å². The molecular weight excluding hydrogens is 223 g/mol. The van der Waals surface area contributed by atoms with Crippen LogP contribution in [0.1, 0.15) is 25.7 Å². The SMILES string of the molecule is NC1(C(=O)O)C2CCC(N2)[C@@H]1CCCB(O)O. The minimum atomic E-state index is -1.32. The lowest BCUT2D eigenvalue weighted by molar-refractivity contribution is -0.146. The van der Waals surface area contributed by atoms with E-state index in [1.165, 1.54) is 0 Å². The third-order valence-electron chi connectivity index (χ3n) is 4.21. The van der Waals surface area contributed by atoms with Gasteiger partial charge in [0.2, 0.25) is 0 Å². The van der Waals surface area contributed by atoms with E-state index in [1.807, 2.05) is 0 Å². The number of nitrogens with two attached hydrogens (primary N) is 1. The Balaban J connectivity index is 2.01. The van der Waals surface area contributed by atoms with Crippen molar-refractivity contribution in [3.05, 3.63) is 0 Å². The summed E-state index contributed by atoms with van der Waals surface area (Å²) in [7, 11) is -1.32. The molecule has 2 aliphatic rings. The lowest BCUT2D eigenvalue weighted by atomic mass is 9.70. The summed E-state index contributed by atoms with van der Waals surface area (Å²) in [5.74, 6) is -1.07. The predicted molar refractivity (Wildman–Crippen MR) is 62.2 cm³/mol. The van der Waals surface area contributed by atoms with Crippen molar-refractivity contribution in [3.63, 3.8) is 0 Å². The molecule has 2 bridgehead atoms. The highest BCUT2D eigenvalue weighted by molar-refractivity contribution is 6.40. The first-order valence-corrected chi connectivity index (χ1v) is 6.10. The molecule has 0 amide bonds. The van der Waals surface area contributed by atoms with E-state index in [4.69, 9.17) is 15.8 Å². The second-order valence-corrected chi connectivity index (χ2v) is 5.16. The summed E-state index contributed by atoms with van der Waals surface area (Å²) in [6.45, 7) is 0. The molecule has 0 aromatic rings. The fourth-order valence-corrected chi connectivity index (χ4v) is 3.32. The molecule has 0 spiro atoms. The summed E-state index contributed by atoms with van der Waals surface area (Å²) >= 11 is 0. The van der Waals surface area contributed by atoms with Crippen LogP contribution in [-0.2, 0) is 4.79 Å². The molecule has 17 heavy (non-hydrogen) atoms. The molecule has 3 unspecified atom stereocenters. The number of aliphatic carboxylic acids is 1. The molecule has 0 aliphatic carbocycles. The van der Waals surface area contributed by atoms with Crippen molar-refractivity contribution in [2.24, 2.45) is 11.7 Å². The van der Waals surface area contributed by atoms with Gasteiger partial charge in [-0.1, -0.05) is 6.42 Å². The smallest absolute Gasteiger partial charge is 0.451 e. The Morgan fingerprint density at radius 1 is 1.47 bits per heavy atom. The van der Waals surface area contributed by atoms with Crippen molar-refractivity contribution in [1.29, 1.82) is 0 Å². The van der Waals surface area contributed by atoms with Crippen LogP contribution < -0.4 is 11.1 Å². The zero-order valence-corrected chi connectivity index (χ0v) is 9.67. The Morgan fingerprint density at radius 2 is 2.18 bits per heavy atom. The number of nitrogens with one attached hydrogen (secondary N) is 1. The highest BCUT2D eigenvalue weighted by Crippen LogP contribution is 2.42. The van der Waals surface area contributed by atoms with Gasteiger partial charge in [0.15, 0.2) is 0 Å². The summed E-state index contributed by atoms with van der Waals surface area (Å²) in [6.07, 6.45) is 3.24. The first-order valence-electron chi connectivity index (χ1n) is 6.10. The van der Waals surface area contributed by atoms with E-state index in [0.29, 0.717) is 12.8 Å². The molecule has 2 fully saturated rings. The number of hydrogen-bond acceptors (Lipinski definition) is 5. The largest absolute Gasteiger partial charge is 0.480 e. The average Bonchev–Trinajstić information content (AvgIpc) is 2.80. The van der Waals surface area contributed by atoms with Crippen LogP contribution in [0, 0.1) is 5.92 Å². The summed E-state index contributed by atoms with van der Waals surface area (Å²) in [4.78, 5) is 11.4. The van der Waals surface area contributed by atoms with Crippen molar-refractivity contribution < 1.29 is 19.9 Å². The van der Waals surface area contributed by atoms with Crippen molar-refractivity contribution in [2.75, 3.05) is 0 Å². The first kappa shape index (κ1) is 12.8. The standard InChI is InChI=1S/C10H19BN2O4/c12-10(9(14)15)6(2-1-5-11(16)17)7-3-4-8(10)13-7/h6-8,13,16-17H,1-5,12H2,(H,14,15)/t6-,7?,8?,10?/m0/s1. The normalized spacial score (nSPS) is 39.6. The monoisotopic (exact) mass is 242 g/mol. The van der Waals surface area contributed by atoms with Crippen molar-refractivity contribution >= 4 is 13.1 Å². The zero-order chi connectivity index (χ0) is 12.6. The fourth-order valence-electron chi connectivity index (χ4n) is 3.32. The van der Waals surface area contributed by atoms with E-state index < -0.39 is 18.6 Å².